The van der Waals surface area contributed by atoms with E-state index >= 15 is 0 Å². The molecule has 0 heterocycles. The summed E-state index contributed by atoms with van der Waals surface area (Å²) in [5, 5.41) is 9.77. The van der Waals surface area contributed by atoms with Crippen molar-refractivity contribution in [1.82, 2.24) is 4.90 Å². The SMILES string of the molecule is COc1ccc(C(=O)N(C)C2CCCCC2Cl)cc1O. The summed E-state index contributed by atoms with van der Waals surface area (Å²) >= 11 is 6.32. The van der Waals surface area contributed by atoms with Crippen LogP contribution in [0.4, 0.5) is 0 Å². The maximum absolute atomic E-state index is 12.5. The van der Waals surface area contributed by atoms with E-state index in [2.05, 4.69) is 0 Å². The van der Waals surface area contributed by atoms with E-state index in [0.29, 0.717) is 11.3 Å². The predicted octanol–water partition coefficient (Wildman–Crippen LogP) is 3.02. The molecule has 1 aromatic rings. The van der Waals surface area contributed by atoms with Gasteiger partial charge in [0.05, 0.1) is 12.5 Å². The summed E-state index contributed by atoms with van der Waals surface area (Å²) in [5.41, 5.74) is 0.445. The Balaban J connectivity index is 2.15. The molecule has 0 radical (unpaired) electrons. The average molecular weight is 298 g/mol. The first kappa shape index (κ1) is 15.0. The average Bonchev–Trinajstić information content (AvgIpc) is 2.46. The van der Waals surface area contributed by atoms with Crippen LogP contribution >= 0.6 is 11.6 Å². The van der Waals surface area contributed by atoms with Crippen molar-refractivity contribution in [3.8, 4) is 11.5 Å². The van der Waals surface area contributed by atoms with Crippen LogP contribution in [0.3, 0.4) is 0 Å². The van der Waals surface area contributed by atoms with Crippen molar-refractivity contribution in [2.45, 2.75) is 37.1 Å². The molecule has 110 valence electrons. The quantitative estimate of drug-likeness (QED) is 0.873. The van der Waals surface area contributed by atoms with Gasteiger partial charge in [-0.1, -0.05) is 12.8 Å². The fraction of sp³-hybridized carbons (Fsp3) is 0.533. The van der Waals surface area contributed by atoms with Crippen molar-refractivity contribution < 1.29 is 14.6 Å². The van der Waals surface area contributed by atoms with Crippen molar-refractivity contribution in [1.29, 1.82) is 0 Å². The molecule has 1 amide bonds. The lowest BCUT2D eigenvalue weighted by Crippen LogP contribution is -2.44. The molecule has 1 aromatic carbocycles. The first-order valence-corrected chi connectivity index (χ1v) is 7.26. The van der Waals surface area contributed by atoms with Crippen molar-refractivity contribution in [2.75, 3.05) is 14.2 Å². The topological polar surface area (TPSA) is 49.8 Å². The number of benzene rings is 1. The van der Waals surface area contributed by atoms with Crippen LogP contribution in [0.25, 0.3) is 0 Å². The van der Waals surface area contributed by atoms with Crippen LogP contribution in [-0.2, 0) is 0 Å². The smallest absolute Gasteiger partial charge is 0.254 e. The molecule has 1 saturated carbocycles. The van der Waals surface area contributed by atoms with Gasteiger partial charge in [0.25, 0.3) is 5.91 Å². The molecule has 0 bridgehead atoms. The number of hydrogen-bond donors (Lipinski definition) is 1. The van der Waals surface area contributed by atoms with E-state index in [1.54, 1.807) is 24.1 Å². The first-order valence-electron chi connectivity index (χ1n) is 6.83. The zero-order chi connectivity index (χ0) is 14.7. The second-order valence-electron chi connectivity index (χ2n) is 5.17. The lowest BCUT2D eigenvalue weighted by molar-refractivity contribution is 0.0700. The van der Waals surface area contributed by atoms with Gasteiger partial charge in [0.1, 0.15) is 0 Å². The third-order valence-corrected chi connectivity index (χ3v) is 4.40. The molecule has 1 aliphatic carbocycles. The van der Waals surface area contributed by atoms with Crippen LogP contribution in [0.15, 0.2) is 18.2 Å². The number of ether oxygens (including phenoxy) is 1. The van der Waals surface area contributed by atoms with Gasteiger partial charge in [0.15, 0.2) is 11.5 Å². The molecule has 20 heavy (non-hydrogen) atoms. The molecule has 4 nitrogen and oxygen atoms in total. The Morgan fingerprint density at radius 3 is 2.70 bits per heavy atom. The second-order valence-corrected chi connectivity index (χ2v) is 5.73. The molecule has 1 aliphatic rings. The van der Waals surface area contributed by atoms with Gasteiger partial charge in [-0.05, 0) is 31.0 Å². The highest BCUT2D eigenvalue weighted by atomic mass is 35.5. The lowest BCUT2D eigenvalue weighted by Gasteiger charge is -2.35. The molecular formula is C15H20ClNO3. The minimum Gasteiger partial charge on any atom is -0.504 e. The maximum atomic E-state index is 12.5. The van der Waals surface area contributed by atoms with Gasteiger partial charge >= 0.3 is 0 Å². The van der Waals surface area contributed by atoms with Gasteiger partial charge in [-0.15, -0.1) is 11.6 Å². The van der Waals surface area contributed by atoms with Gasteiger partial charge < -0.3 is 14.7 Å². The Kier molecular flexibility index (Phi) is 4.76. The van der Waals surface area contributed by atoms with Gasteiger partial charge in [-0.2, -0.15) is 0 Å². The number of halogens is 1. The number of phenolic OH excluding ortho intramolecular Hbond substituents is 1. The Morgan fingerprint density at radius 2 is 2.10 bits per heavy atom. The molecular weight excluding hydrogens is 278 g/mol. The summed E-state index contributed by atoms with van der Waals surface area (Å²) in [6.45, 7) is 0. The summed E-state index contributed by atoms with van der Waals surface area (Å²) in [6.07, 6.45) is 4.09. The van der Waals surface area contributed by atoms with E-state index in [4.69, 9.17) is 16.3 Å². The van der Waals surface area contributed by atoms with Crippen LogP contribution in [0.5, 0.6) is 11.5 Å². The van der Waals surface area contributed by atoms with Crippen LogP contribution in [-0.4, -0.2) is 41.5 Å². The molecule has 0 saturated heterocycles. The first-order chi connectivity index (χ1) is 9.54. The van der Waals surface area contributed by atoms with E-state index < -0.39 is 0 Å². The summed E-state index contributed by atoms with van der Waals surface area (Å²) in [7, 11) is 3.25. The number of rotatable bonds is 3. The number of aromatic hydroxyl groups is 1. The van der Waals surface area contributed by atoms with Gasteiger partial charge in [0, 0.05) is 18.7 Å². The Bertz CT molecular complexity index is 492. The van der Waals surface area contributed by atoms with Crippen molar-refractivity contribution in [3.05, 3.63) is 23.8 Å². The summed E-state index contributed by atoms with van der Waals surface area (Å²) in [4.78, 5) is 14.1. The number of carbonyl (C=O) groups is 1. The fourth-order valence-electron chi connectivity index (χ4n) is 2.68. The number of alkyl halides is 1. The highest BCUT2D eigenvalue weighted by Crippen LogP contribution is 2.30. The number of nitrogens with zero attached hydrogens (tertiary/aromatic N) is 1. The van der Waals surface area contributed by atoms with Crippen molar-refractivity contribution in [3.63, 3.8) is 0 Å². The molecule has 2 atom stereocenters. The lowest BCUT2D eigenvalue weighted by atomic mass is 9.93. The molecule has 1 fully saturated rings. The van der Waals surface area contributed by atoms with Crippen LogP contribution in [0.1, 0.15) is 36.0 Å². The zero-order valence-electron chi connectivity index (χ0n) is 11.8. The molecule has 1 N–H and O–H groups in total. The molecule has 2 unspecified atom stereocenters. The minimum atomic E-state index is -0.125. The van der Waals surface area contributed by atoms with Gasteiger partial charge in [-0.3, -0.25) is 4.79 Å². The van der Waals surface area contributed by atoms with E-state index in [9.17, 15) is 9.90 Å². The highest BCUT2D eigenvalue weighted by Gasteiger charge is 2.30. The number of phenols is 1. The Morgan fingerprint density at radius 1 is 1.40 bits per heavy atom. The van der Waals surface area contributed by atoms with Crippen LogP contribution in [0.2, 0.25) is 0 Å². The van der Waals surface area contributed by atoms with E-state index in [1.165, 1.54) is 13.2 Å². The molecule has 5 heteroatoms. The zero-order valence-corrected chi connectivity index (χ0v) is 12.6. The van der Waals surface area contributed by atoms with Crippen LogP contribution in [0, 0.1) is 0 Å². The number of hydrogen-bond acceptors (Lipinski definition) is 3. The van der Waals surface area contributed by atoms with Gasteiger partial charge in [-0.25, -0.2) is 0 Å². The summed E-state index contributed by atoms with van der Waals surface area (Å²) < 4.78 is 4.98. The third-order valence-electron chi connectivity index (χ3n) is 3.89. The third kappa shape index (κ3) is 3.01. The minimum absolute atomic E-state index is 0.00421. The summed E-state index contributed by atoms with van der Waals surface area (Å²) in [6, 6.07) is 4.74. The van der Waals surface area contributed by atoms with E-state index in [-0.39, 0.29) is 23.1 Å². The number of methoxy groups -OCH3 is 1. The van der Waals surface area contributed by atoms with Gasteiger partial charge in [0.2, 0.25) is 0 Å². The monoisotopic (exact) mass is 297 g/mol. The standard InChI is InChI=1S/C15H20ClNO3/c1-17(12-6-4-3-5-11(12)16)15(19)10-7-8-14(20-2)13(18)9-10/h7-9,11-12,18H,3-6H2,1-2H3. The normalized spacial score (nSPS) is 22.4. The molecule has 0 spiro atoms. The summed E-state index contributed by atoms with van der Waals surface area (Å²) in [5.74, 6) is 0.204. The van der Waals surface area contributed by atoms with Crippen molar-refractivity contribution in [2.24, 2.45) is 0 Å². The fourth-order valence-corrected chi connectivity index (χ4v) is 3.13. The Hall–Kier alpha value is -1.42. The maximum Gasteiger partial charge on any atom is 0.254 e. The number of amides is 1. The Labute approximate surface area is 124 Å². The van der Waals surface area contributed by atoms with Crippen LogP contribution < -0.4 is 4.74 Å². The molecule has 0 aromatic heterocycles. The highest BCUT2D eigenvalue weighted by molar-refractivity contribution is 6.21. The number of carbonyl (C=O) groups excluding carboxylic acids is 1. The predicted molar refractivity (Wildman–Crippen MR) is 78.6 cm³/mol. The molecule has 0 aliphatic heterocycles. The van der Waals surface area contributed by atoms with E-state index in [0.717, 1.165) is 25.7 Å². The molecule has 2 rings (SSSR count). The van der Waals surface area contributed by atoms with Crippen molar-refractivity contribution >= 4 is 17.5 Å². The second kappa shape index (κ2) is 6.35. The van der Waals surface area contributed by atoms with E-state index in [1.807, 2.05) is 0 Å². The largest absolute Gasteiger partial charge is 0.504 e.